The minimum atomic E-state index is -0.0402. The Morgan fingerprint density at radius 1 is 1.00 bits per heavy atom. The second-order valence-electron chi connectivity index (χ2n) is 8.20. The Morgan fingerprint density at radius 3 is 2.66 bits per heavy atom. The third kappa shape index (κ3) is 3.13. The van der Waals surface area contributed by atoms with Gasteiger partial charge in [0, 0.05) is 65.3 Å². The maximum Gasteiger partial charge on any atom is 0.253 e. The number of carbonyl (C=O) groups excluding carboxylic acids is 2. The van der Waals surface area contributed by atoms with Crippen molar-refractivity contribution in [2.75, 3.05) is 26.2 Å². The van der Waals surface area contributed by atoms with E-state index in [0.29, 0.717) is 12.1 Å². The van der Waals surface area contributed by atoms with Gasteiger partial charge in [0.2, 0.25) is 0 Å². The van der Waals surface area contributed by atoms with Gasteiger partial charge in [-0.1, -0.05) is 18.2 Å². The fourth-order valence-electron chi connectivity index (χ4n) is 4.70. The highest BCUT2D eigenvalue weighted by Crippen LogP contribution is 2.38. The molecule has 0 saturated carbocycles. The topological polar surface area (TPSA) is 77.2 Å². The normalized spacial score (nSPS) is 15.8. The molecule has 2 aliphatic heterocycles. The summed E-state index contributed by atoms with van der Waals surface area (Å²) in [5.74, 6) is 0.0263. The van der Waals surface area contributed by atoms with Crippen molar-refractivity contribution in [1.29, 1.82) is 0 Å². The highest BCUT2D eigenvalue weighted by Gasteiger charge is 2.27. The number of benzene rings is 2. The van der Waals surface area contributed by atoms with Crippen molar-refractivity contribution in [3.05, 3.63) is 70.6 Å². The van der Waals surface area contributed by atoms with E-state index in [1.807, 2.05) is 41.3 Å². The summed E-state index contributed by atoms with van der Waals surface area (Å²) in [5.41, 5.74) is 6.31. The van der Waals surface area contributed by atoms with Gasteiger partial charge in [0.1, 0.15) is 0 Å². The van der Waals surface area contributed by atoms with Crippen molar-refractivity contribution in [1.82, 2.24) is 20.5 Å². The van der Waals surface area contributed by atoms with Gasteiger partial charge in [-0.05, 0) is 46.8 Å². The van der Waals surface area contributed by atoms with Gasteiger partial charge in [-0.3, -0.25) is 9.59 Å². The molecule has 3 N–H and O–H groups in total. The standard InChI is InChI=1S/C25H22N4O2S/c30-24-23-18(5-4-17(19(23)14-27-24)22-2-1-11-32-22)21-13-16-12-15(3-6-20(16)28-21)25(31)29-9-7-26-8-10-29/h1-6,11-13,26,28H,7-10,14H2,(H,27,30). The highest BCUT2D eigenvalue weighted by molar-refractivity contribution is 7.13. The summed E-state index contributed by atoms with van der Waals surface area (Å²) in [6.45, 7) is 3.66. The van der Waals surface area contributed by atoms with Crippen LogP contribution >= 0.6 is 11.3 Å². The molecule has 4 aromatic rings. The van der Waals surface area contributed by atoms with E-state index in [4.69, 9.17) is 0 Å². The predicted octanol–water partition coefficient (Wildman–Crippen LogP) is 3.85. The largest absolute Gasteiger partial charge is 0.355 e. The summed E-state index contributed by atoms with van der Waals surface area (Å²) < 4.78 is 0. The van der Waals surface area contributed by atoms with Crippen LogP contribution in [-0.4, -0.2) is 47.9 Å². The molecule has 0 spiro atoms. The summed E-state index contributed by atoms with van der Waals surface area (Å²) >= 11 is 1.68. The summed E-state index contributed by atoms with van der Waals surface area (Å²) in [6.07, 6.45) is 0. The lowest BCUT2D eigenvalue weighted by Gasteiger charge is -2.27. The summed E-state index contributed by atoms with van der Waals surface area (Å²) in [7, 11) is 0. The number of hydrogen-bond acceptors (Lipinski definition) is 4. The number of rotatable bonds is 3. The zero-order chi connectivity index (χ0) is 21.7. The third-order valence-electron chi connectivity index (χ3n) is 6.31. The molecule has 160 valence electrons. The number of H-pyrrole nitrogens is 1. The number of aromatic nitrogens is 1. The first-order valence-corrected chi connectivity index (χ1v) is 11.7. The second kappa shape index (κ2) is 7.62. The van der Waals surface area contributed by atoms with Crippen molar-refractivity contribution in [2.45, 2.75) is 6.54 Å². The van der Waals surface area contributed by atoms with Crippen molar-refractivity contribution < 1.29 is 9.59 Å². The van der Waals surface area contributed by atoms with Crippen LogP contribution in [0.4, 0.5) is 0 Å². The molecule has 0 bridgehead atoms. The number of fused-ring (bicyclic) bond motifs is 2. The van der Waals surface area contributed by atoms with E-state index in [1.54, 1.807) is 11.3 Å². The average Bonchev–Trinajstić information content (AvgIpc) is 3.58. The maximum absolute atomic E-state index is 12.9. The van der Waals surface area contributed by atoms with E-state index in [2.05, 4.69) is 33.1 Å². The number of hydrogen-bond donors (Lipinski definition) is 3. The molecule has 4 heterocycles. The molecule has 0 radical (unpaired) electrons. The van der Waals surface area contributed by atoms with E-state index >= 15 is 0 Å². The van der Waals surface area contributed by atoms with Crippen LogP contribution < -0.4 is 10.6 Å². The number of carbonyl (C=O) groups is 2. The Morgan fingerprint density at radius 2 is 1.84 bits per heavy atom. The molecular formula is C25H22N4O2S. The van der Waals surface area contributed by atoms with Gasteiger partial charge in [-0.15, -0.1) is 11.3 Å². The van der Waals surface area contributed by atoms with Gasteiger partial charge < -0.3 is 20.5 Å². The number of aromatic amines is 1. The molecule has 1 saturated heterocycles. The van der Waals surface area contributed by atoms with Gasteiger partial charge >= 0.3 is 0 Å². The van der Waals surface area contributed by atoms with Gasteiger partial charge in [0.25, 0.3) is 11.8 Å². The Balaban J connectivity index is 1.40. The zero-order valence-corrected chi connectivity index (χ0v) is 18.2. The van der Waals surface area contributed by atoms with Crippen molar-refractivity contribution in [3.63, 3.8) is 0 Å². The van der Waals surface area contributed by atoms with Gasteiger partial charge in [-0.2, -0.15) is 0 Å². The van der Waals surface area contributed by atoms with Crippen molar-refractivity contribution >= 4 is 34.1 Å². The minimum absolute atomic E-state index is 0.0402. The lowest BCUT2D eigenvalue weighted by atomic mass is 9.95. The average molecular weight is 443 g/mol. The lowest BCUT2D eigenvalue weighted by molar-refractivity contribution is 0.0735. The molecule has 2 aromatic carbocycles. The van der Waals surface area contributed by atoms with E-state index in [-0.39, 0.29) is 11.8 Å². The smallest absolute Gasteiger partial charge is 0.253 e. The maximum atomic E-state index is 12.9. The van der Waals surface area contributed by atoms with Crippen LogP contribution in [0.3, 0.4) is 0 Å². The molecule has 6 rings (SSSR count). The summed E-state index contributed by atoms with van der Waals surface area (Å²) in [5, 5.41) is 9.29. The molecule has 0 unspecified atom stereocenters. The first-order valence-electron chi connectivity index (χ1n) is 10.8. The quantitative estimate of drug-likeness (QED) is 0.451. The molecule has 2 aromatic heterocycles. The van der Waals surface area contributed by atoms with Crippen LogP contribution in [0.1, 0.15) is 26.3 Å². The Kier molecular flexibility index (Phi) is 4.59. The van der Waals surface area contributed by atoms with Crippen LogP contribution in [0, 0.1) is 0 Å². The Labute approximate surface area is 189 Å². The Hall–Kier alpha value is -3.42. The van der Waals surface area contributed by atoms with Crippen LogP contribution in [-0.2, 0) is 6.54 Å². The van der Waals surface area contributed by atoms with Crippen molar-refractivity contribution in [2.24, 2.45) is 0 Å². The number of piperazine rings is 1. The molecule has 6 nitrogen and oxygen atoms in total. The number of amides is 2. The molecule has 1 fully saturated rings. The fraction of sp³-hybridized carbons (Fsp3) is 0.200. The van der Waals surface area contributed by atoms with Gasteiger partial charge in [0.05, 0.1) is 5.56 Å². The monoisotopic (exact) mass is 442 g/mol. The molecule has 32 heavy (non-hydrogen) atoms. The lowest BCUT2D eigenvalue weighted by Crippen LogP contribution is -2.46. The summed E-state index contributed by atoms with van der Waals surface area (Å²) in [6, 6.07) is 16.1. The molecular weight excluding hydrogens is 420 g/mol. The fourth-order valence-corrected chi connectivity index (χ4v) is 5.48. The van der Waals surface area contributed by atoms with Gasteiger partial charge in [0.15, 0.2) is 0 Å². The van der Waals surface area contributed by atoms with E-state index < -0.39 is 0 Å². The van der Waals surface area contributed by atoms with Crippen molar-refractivity contribution in [3.8, 4) is 21.7 Å². The SMILES string of the molecule is O=C1NCc2c(-c3cccs3)ccc(-c3cc4cc(C(=O)N5CCNCC5)ccc4[nH]3)c21. The molecule has 0 aliphatic carbocycles. The Bertz CT molecular complexity index is 1350. The summed E-state index contributed by atoms with van der Waals surface area (Å²) in [4.78, 5) is 32.1. The molecule has 7 heteroatoms. The van der Waals surface area contributed by atoms with Crippen LogP contribution in [0.2, 0.25) is 0 Å². The minimum Gasteiger partial charge on any atom is -0.355 e. The van der Waals surface area contributed by atoms with Crippen LogP contribution in [0.25, 0.3) is 32.6 Å². The predicted molar refractivity (Wildman–Crippen MR) is 127 cm³/mol. The number of nitrogens with zero attached hydrogens (tertiary/aromatic N) is 1. The van der Waals surface area contributed by atoms with E-state index in [9.17, 15) is 9.59 Å². The van der Waals surface area contributed by atoms with E-state index in [0.717, 1.165) is 69.9 Å². The van der Waals surface area contributed by atoms with Crippen LogP contribution in [0.5, 0.6) is 0 Å². The van der Waals surface area contributed by atoms with Gasteiger partial charge in [-0.25, -0.2) is 0 Å². The molecule has 2 amide bonds. The first kappa shape index (κ1) is 19.3. The number of thiophene rings is 1. The van der Waals surface area contributed by atoms with Crippen LogP contribution in [0.15, 0.2) is 53.9 Å². The highest BCUT2D eigenvalue weighted by atomic mass is 32.1. The first-order chi connectivity index (χ1) is 15.7. The number of nitrogens with one attached hydrogen (secondary N) is 3. The second-order valence-corrected chi connectivity index (χ2v) is 9.15. The van der Waals surface area contributed by atoms with E-state index in [1.165, 1.54) is 0 Å². The third-order valence-corrected chi connectivity index (χ3v) is 7.22. The molecule has 2 aliphatic rings. The molecule has 0 atom stereocenters. The zero-order valence-electron chi connectivity index (χ0n) is 17.4.